The first-order valence-electron chi connectivity index (χ1n) is 12.6. The summed E-state index contributed by atoms with van der Waals surface area (Å²) in [6, 6.07) is 13.5. The molecule has 0 fully saturated rings. The number of benzene rings is 2. The van der Waals surface area contributed by atoms with Crippen LogP contribution in [0.15, 0.2) is 54.6 Å². The van der Waals surface area contributed by atoms with Crippen LogP contribution >= 0.6 is 0 Å². The molecular formula is C28H33N3O7. The van der Waals surface area contributed by atoms with E-state index in [1.165, 1.54) is 0 Å². The number of hydrogen-bond acceptors (Lipinski definition) is 7. The van der Waals surface area contributed by atoms with Crippen molar-refractivity contribution in [3.8, 4) is 0 Å². The summed E-state index contributed by atoms with van der Waals surface area (Å²) in [4.78, 5) is 64.8. The topological polar surface area (TPSA) is 131 Å². The maximum absolute atomic E-state index is 13.3. The maximum Gasteiger partial charge on any atom is 0.407 e. The summed E-state index contributed by atoms with van der Waals surface area (Å²) in [7, 11) is 0. The van der Waals surface area contributed by atoms with Gasteiger partial charge in [0.15, 0.2) is 0 Å². The van der Waals surface area contributed by atoms with Gasteiger partial charge < -0.3 is 20.1 Å². The van der Waals surface area contributed by atoms with Crippen LogP contribution in [0.2, 0.25) is 0 Å². The highest BCUT2D eigenvalue weighted by Gasteiger charge is 2.44. The summed E-state index contributed by atoms with van der Waals surface area (Å²) in [5, 5.41) is 5.28. The number of hydrogen-bond donors (Lipinski definition) is 2. The summed E-state index contributed by atoms with van der Waals surface area (Å²) in [6.45, 7) is 5.53. The van der Waals surface area contributed by atoms with E-state index in [2.05, 4.69) is 10.6 Å². The van der Waals surface area contributed by atoms with Gasteiger partial charge in [-0.1, -0.05) is 56.3 Å². The number of nitrogens with one attached hydrogen (secondary N) is 2. The van der Waals surface area contributed by atoms with E-state index in [4.69, 9.17) is 9.47 Å². The van der Waals surface area contributed by atoms with E-state index in [1.54, 1.807) is 45.0 Å². The van der Waals surface area contributed by atoms with E-state index in [0.717, 1.165) is 10.5 Å². The normalized spacial score (nSPS) is 14.1. The maximum atomic E-state index is 13.3. The molecule has 0 saturated carbocycles. The van der Waals surface area contributed by atoms with Gasteiger partial charge in [0.1, 0.15) is 18.7 Å². The van der Waals surface area contributed by atoms with Gasteiger partial charge in [0.2, 0.25) is 5.91 Å². The van der Waals surface area contributed by atoms with Gasteiger partial charge in [0, 0.05) is 6.54 Å². The number of alkyl carbamates (subject to hydrolysis) is 1. The minimum absolute atomic E-state index is 0.112. The lowest BCUT2D eigenvalue weighted by Crippen LogP contribution is -2.55. The minimum atomic E-state index is -1.12. The second-order valence-electron chi connectivity index (χ2n) is 9.16. The molecule has 1 aliphatic rings. The fourth-order valence-corrected chi connectivity index (χ4v) is 4.20. The Kier molecular flexibility index (Phi) is 9.98. The number of imide groups is 1. The fraction of sp³-hybridized carbons (Fsp3) is 0.393. The Morgan fingerprint density at radius 1 is 0.895 bits per heavy atom. The summed E-state index contributed by atoms with van der Waals surface area (Å²) >= 11 is 0. The molecule has 3 rings (SSSR count). The zero-order valence-electron chi connectivity index (χ0n) is 21.8. The molecular weight excluding hydrogens is 490 g/mol. The lowest BCUT2D eigenvalue weighted by molar-refractivity contribution is -0.148. The van der Waals surface area contributed by atoms with Gasteiger partial charge in [-0.05, 0) is 43.4 Å². The molecule has 0 saturated heterocycles. The smallest absolute Gasteiger partial charge is 0.407 e. The molecule has 10 heteroatoms. The quantitative estimate of drug-likeness (QED) is 0.248. The molecule has 10 nitrogen and oxygen atoms in total. The first-order chi connectivity index (χ1) is 18.2. The first kappa shape index (κ1) is 28.4. The third-order valence-electron chi connectivity index (χ3n) is 6.04. The van der Waals surface area contributed by atoms with Crippen molar-refractivity contribution in [3.05, 3.63) is 71.3 Å². The second-order valence-corrected chi connectivity index (χ2v) is 9.16. The van der Waals surface area contributed by atoms with E-state index >= 15 is 0 Å². The Morgan fingerprint density at radius 2 is 1.50 bits per heavy atom. The Labute approximate surface area is 221 Å². The molecule has 0 bridgehead atoms. The Hall–Kier alpha value is -4.21. The number of ether oxygens (including phenoxy) is 2. The van der Waals surface area contributed by atoms with Crippen LogP contribution in [0.1, 0.15) is 59.9 Å². The average molecular weight is 524 g/mol. The molecule has 2 aromatic carbocycles. The summed E-state index contributed by atoms with van der Waals surface area (Å²) in [5.41, 5.74) is 1.33. The number of fused-ring (bicyclic) bond motifs is 1. The van der Waals surface area contributed by atoms with Crippen molar-refractivity contribution in [1.29, 1.82) is 0 Å². The number of rotatable bonds is 12. The number of carbonyl (C=O) groups excluding carboxylic acids is 5. The molecule has 0 radical (unpaired) electrons. The molecule has 0 aliphatic carbocycles. The Balaban J connectivity index is 1.59. The number of amides is 4. The highest BCUT2D eigenvalue weighted by molar-refractivity contribution is 6.22. The number of nitrogens with zero attached hydrogens (tertiary/aromatic N) is 1. The summed E-state index contributed by atoms with van der Waals surface area (Å²) in [6.07, 6.45) is -0.101. The molecule has 0 unspecified atom stereocenters. The van der Waals surface area contributed by atoms with Crippen molar-refractivity contribution < 1.29 is 33.4 Å². The second kappa shape index (κ2) is 13.4. The van der Waals surface area contributed by atoms with E-state index in [0.29, 0.717) is 6.42 Å². The molecule has 4 amide bonds. The lowest BCUT2D eigenvalue weighted by atomic mass is 10.0. The van der Waals surface area contributed by atoms with Crippen LogP contribution in [-0.2, 0) is 25.7 Å². The zero-order valence-corrected chi connectivity index (χ0v) is 21.8. The highest BCUT2D eigenvalue weighted by Crippen LogP contribution is 2.27. The van der Waals surface area contributed by atoms with Crippen LogP contribution in [0.5, 0.6) is 0 Å². The largest absolute Gasteiger partial charge is 0.464 e. The predicted molar refractivity (Wildman–Crippen MR) is 138 cm³/mol. The van der Waals surface area contributed by atoms with E-state index in [9.17, 15) is 24.0 Å². The van der Waals surface area contributed by atoms with Crippen LogP contribution in [0.25, 0.3) is 0 Å². The third kappa shape index (κ3) is 6.96. The minimum Gasteiger partial charge on any atom is -0.464 e. The van der Waals surface area contributed by atoms with Crippen LogP contribution < -0.4 is 10.6 Å². The van der Waals surface area contributed by atoms with Crippen molar-refractivity contribution in [2.24, 2.45) is 5.92 Å². The van der Waals surface area contributed by atoms with Gasteiger partial charge >= 0.3 is 12.1 Å². The third-order valence-corrected chi connectivity index (χ3v) is 6.04. The molecule has 1 heterocycles. The number of esters is 1. The van der Waals surface area contributed by atoms with Gasteiger partial charge in [-0.15, -0.1) is 0 Å². The monoisotopic (exact) mass is 523 g/mol. The predicted octanol–water partition coefficient (Wildman–Crippen LogP) is 3.06. The average Bonchev–Trinajstić information content (AvgIpc) is 3.15. The first-order valence-corrected chi connectivity index (χ1v) is 12.6. The standard InChI is InChI=1S/C28H33N3O7/c1-4-37-27(35)22(15-10-16-29-28(36)38-17-19-11-6-5-7-12-19)30-24(32)23(18(2)3)31-25(33)20-13-8-9-14-21(20)26(31)34/h5-9,11-14,18,22-23H,4,10,15-17H2,1-3H3,(H,29,36)(H,30,32)/t22-,23-/m1/s1. The molecule has 2 aromatic rings. The van der Waals surface area contributed by atoms with Crippen molar-refractivity contribution in [1.82, 2.24) is 15.5 Å². The lowest BCUT2D eigenvalue weighted by Gasteiger charge is -2.30. The van der Waals surface area contributed by atoms with Crippen molar-refractivity contribution in [2.45, 2.75) is 52.3 Å². The molecule has 0 aromatic heterocycles. The van der Waals surface area contributed by atoms with Crippen LogP contribution in [-0.4, -0.2) is 59.9 Å². The summed E-state index contributed by atoms with van der Waals surface area (Å²) < 4.78 is 10.3. The van der Waals surface area contributed by atoms with Gasteiger partial charge in [-0.2, -0.15) is 0 Å². The Morgan fingerprint density at radius 3 is 2.08 bits per heavy atom. The zero-order chi connectivity index (χ0) is 27.7. The van der Waals surface area contributed by atoms with Gasteiger partial charge in [-0.3, -0.25) is 19.3 Å². The van der Waals surface area contributed by atoms with Crippen LogP contribution in [0.3, 0.4) is 0 Å². The SMILES string of the molecule is CCOC(=O)[C@@H](CCCNC(=O)OCc1ccccc1)NC(=O)[C@@H](C(C)C)N1C(=O)c2ccccc2C1=O. The van der Waals surface area contributed by atoms with E-state index < -0.39 is 47.8 Å². The van der Waals surface area contributed by atoms with Crippen molar-refractivity contribution >= 4 is 29.8 Å². The molecule has 1 aliphatic heterocycles. The number of carbonyl (C=O) groups is 5. The molecule has 202 valence electrons. The van der Waals surface area contributed by atoms with Crippen LogP contribution in [0.4, 0.5) is 4.79 Å². The molecule has 2 atom stereocenters. The fourth-order valence-electron chi connectivity index (χ4n) is 4.20. The highest BCUT2D eigenvalue weighted by atomic mass is 16.5. The molecule has 0 spiro atoms. The van der Waals surface area contributed by atoms with Gasteiger partial charge in [0.25, 0.3) is 11.8 Å². The Bertz CT molecular complexity index is 1130. The van der Waals surface area contributed by atoms with Crippen molar-refractivity contribution in [2.75, 3.05) is 13.2 Å². The van der Waals surface area contributed by atoms with Gasteiger partial charge in [0.05, 0.1) is 17.7 Å². The van der Waals surface area contributed by atoms with E-state index in [1.807, 2.05) is 30.3 Å². The summed E-state index contributed by atoms with van der Waals surface area (Å²) in [5.74, 6) is -2.79. The van der Waals surface area contributed by atoms with Gasteiger partial charge in [-0.25, -0.2) is 9.59 Å². The molecule has 38 heavy (non-hydrogen) atoms. The van der Waals surface area contributed by atoms with E-state index in [-0.39, 0.29) is 37.3 Å². The molecule has 2 N–H and O–H groups in total. The van der Waals surface area contributed by atoms with Crippen molar-refractivity contribution in [3.63, 3.8) is 0 Å². The van der Waals surface area contributed by atoms with Crippen LogP contribution in [0, 0.1) is 5.92 Å².